The van der Waals surface area contributed by atoms with Gasteiger partial charge in [-0.15, -0.1) is 0 Å². The van der Waals surface area contributed by atoms with Crippen LogP contribution in [0.15, 0.2) is 12.3 Å². The Morgan fingerprint density at radius 2 is 2.18 bits per heavy atom. The van der Waals surface area contributed by atoms with Crippen LogP contribution >= 0.6 is 11.6 Å². The number of aromatic amines is 1. The number of hydrogen-bond acceptors (Lipinski definition) is 1. The zero-order chi connectivity index (χ0) is 8.43. The molecule has 0 unspecified atom stereocenters. The molecule has 0 bridgehead atoms. The van der Waals surface area contributed by atoms with E-state index in [-0.39, 0.29) is 6.04 Å². The van der Waals surface area contributed by atoms with Gasteiger partial charge in [-0.2, -0.15) is 0 Å². The van der Waals surface area contributed by atoms with Gasteiger partial charge in [0.1, 0.15) is 5.15 Å². The van der Waals surface area contributed by atoms with Crippen LogP contribution in [0, 0.1) is 5.92 Å². The van der Waals surface area contributed by atoms with Crippen LogP contribution in [0.4, 0.5) is 0 Å². The topological polar surface area (TPSA) is 41.8 Å². The van der Waals surface area contributed by atoms with Crippen molar-refractivity contribution in [2.45, 2.75) is 19.9 Å². The van der Waals surface area contributed by atoms with Crippen molar-refractivity contribution in [3.63, 3.8) is 0 Å². The summed E-state index contributed by atoms with van der Waals surface area (Å²) < 4.78 is 0. The monoisotopic (exact) mass is 172 g/mol. The smallest absolute Gasteiger partial charge is 0.106 e. The van der Waals surface area contributed by atoms with E-state index >= 15 is 0 Å². The Morgan fingerprint density at radius 1 is 1.55 bits per heavy atom. The molecule has 0 fully saturated rings. The number of nitrogens with one attached hydrogen (secondary N) is 1. The fourth-order valence-corrected chi connectivity index (χ4v) is 1.14. The van der Waals surface area contributed by atoms with Crippen LogP contribution in [0.25, 0.3) is 0 Å². The third-order valence-electron chi connectivity index (χ3n) is 1.77. The number of H-pyrrole nitrogens is 1. The van der Waals surface area contributed by atoms with Gasteiger partial charge >= 0.3 is 0 Å². The second-order valence-electron chi connectivity index (χ2n) is 3.05. The maximum atomic E-state index is 5.87. The summed E-state index contributed by atoms with van der Waals surface area (Å²) in [5, 5.41) is 0.649. The van der Waals surface area contributed by atoms with Crippen molar-refractivity contribution in [1.82, 2.24) is 4.98 Å². The lowest BCUT2D eigenvalue weighted by molar-refractivity contribution is 0.515. The highest BCUT2D eigenvalue weighted by Gasteiger charge is 2.10. The van der Waals surface area contributed by atoms with E-state index in [0.29, 0.717) is 11.1 Å². The van der Waals surface area contributed by atoms with Gasteiger partial charge in [0.05, 0.1) is 0 Å². The summed E-state index contributed by atoms with van der Waals surface area (Å²) in [6, 6.07) is 1.95. The van der Waals surface area contributed by atoms with Crippen molar-refractivity contribution < 1.29 is 0 Å². The Balaban J connectivity index is 2.76. The van der Waals surface area contributed by atoms with E-state index < -0.39 is 0 Å². The first-order valence-corrected chi connectivity index (χ1v) is 4.08. The minimum absolute atomic E-state index is 0.0822. The van der Waals surface area contributed by atoms with Crippen molar-refractivity contribution in [2.75, 3.05) is 0 Å². The molecule has 1 aromatic rings. The molecule has 0 saturated carbocycles. The van der Waals surface area contributed by atoms with Crippen LogP contribution in [0.3, 0.4) is 0 Å². The molecular weight excluding hydrogens is 160 g/mol. The lowest BCUT2D eigenvalue weighted by Gasteiger charge is -2.12. The highest BCUT2D eigenvalue weighted by molar-refractivity contribution is 6.29. The fraction of sp³-hybridized carbons (Fsp3) is 0.500. The average molecular weight is 173 g/mol. The van der Waals surface area contributed by atoms with Gasteiger partial charge in [-0.1, -0.05) is 25.4 Å². The first kappa shape index (κ1) is 8.62. The third kappa shape index (κ3) is 1.98. The molecule has 0 amide bonds. The Morgan fingerprint density at radius 3 is 2.55 bits per heavy atom. The van der Waals surface area contributed by atoms with E-state index in [1.165, 1.54) is 0 Å². The molecule has 0 radical (unpaired) electrons. The lowest BCUT2D eigenvalue weighted by Crippen LogP contribution is -2.15. The third-order valence-corrected chi connectivity index (χ3v) is 1.99. The molecule has 0 aliphatic heterocycles. The highest BCUT2D eigenvalue weighted by Crippen LogP contribution is 2.20. The number of hydrogen-bond donors (Lipinski definition) is 2. The molecule has 0 aliphatic rings. The van der Waals surface area contributed by atoms with Gasteiger partial charge < -0.3 is 10.7 Å². The van der Waals surface area contributed by atoms with Gasteiger partial charge in [0.15, 0.2) is 0 Å². The predicted molar refractivity (Wildman–Crippen MR) is 47.6 cm³/mol. The molecule has 0 aliphatic carbocycles. The molecule has 62 valence electrons. The first-order valence-electron chi connectivity index (χ1n) is 3.70. The molecule has 11 heavy (non-hydrogen) atoms. The maximum Gasteiger partial charge on any atom is 0.106 e. The van der Waals surface area contributed by atoms with E-state index in [9.17, 15) is 0 Å². The summed E-state index contributed by atoms with van der Waals surface area (Å²) in [7, 11) is 0. The lowest BCUT2D eigenvalue weighted by atomic mass is 10.00. The fourth-order valence-electron chi connectivity index (χ4n) is 0.959. The summed E-state index contributed by atoms with van der Waals surface area (Å²) in [6.07, 6.45) is 1.85. The number of nitrogens with two attached hydrogens (primary N) is 1. The van der Waals surface area contributed by atoms with Crippen LogP contribution < -0.4 is 5.73 Å². The van der Waals surface area contributed by atoms with Crippen LogP contribution in [-0.2, 0) is 0 Å². The van der Waals surface area contributed by atoms with Gasteiger partial charge in [0.2, 0.25) is 0 Å². The van der Waals surface area contributed by atoms with E-state index in [1.54, 1.807) is 0 Å². The number of aromatic nitrogens is 1. The quantitative estimate of drug-likeness (QED) is 0.707. The Bertz CT molecular complexity index is 230. The molecule has 1 heterocycles. The summed E-state index contributed by atoms with van der Waals surface area (Å²) in [5.74, 6) is 0.446. The van der Waals surface area contributed by atoms with Crippen molar-refractivity contribution in [3.8, 4) is 0 Å². The Hall–Kier alpha value is -0.470. The average Bonchev–Trinajstić information content (AvgIpc) is 2.34. The standard InChI is InChI=1S/C8H13ClN2/c1-5(2)8(10)6-3-7(9)11-4-6/h3-5,8,11H,10H2,1-2H3/t8-/m1/s1. The van der Waals surface area contributed by atoms with E-state index in [1.807, 2.05) is 12.3 Å². The van der Waals surface area contributed by atoms with Crippen LogP contribution in [-0.4, -0.2) is 4.98 Å². The Labute approximate surface area is 71.7 Å². The van der Waals surface area contributed by atoms with Gasteiger partial charge in [0, 0.05) is 12.2 Å². The molecule has 3 N–H and O–H groups in total. The van der Waals surface area contributed by atoms with Crippen LogP contribution in [0.2, 0.25) is 5.15 Å². The molecule has 0 aromatic carbocycles. The SMILES string of the molecule is CC(C)[C@@H](N)c1c[nH]c(Cl)c1. The second-order valence-corrected chi connectivity index (χ2v) is 3.46. The molecule has 1 aromatic heterocycles. The zero-order valence-corrected chi connectivity index (χ0v) is 7.52. The van der Waals surface area contributed by atoms with Crippen molar-refractivity contribution >= 4 is 11.6 Å². The molecule has 0 saturated heterocycles. The molecule has 1 atom stereocenters. The van der Waals surface area contributed by atoms with E-state index in [4.69, 9.17) is 17.3 Å². The van der Waals surface area contributed by atoms with Crippen LogP contribution in [0.1, 0.15) is 25.5 Å². The minimum Gasteiger partial charge on any atom is -0.352 e. The number of halogens is 1. The van der Waals surface area contributed by atoms with Gasteiger partial charge in [-0.25, -0.2) is 0 Å². The summed E-state index contributed by atoms with van der Waals surface area (Å²) in [6.45, 7) is 4.18. The maximum absolute atomic E-state index is 5.87. The Kier molecular flexibility index (Phi) is 2.58. The van der Waals surface area contributed by atoms with Gasteiger partial charge in [0.25, 0.3) is 0 Å². The van der Waals surface area contributed by atoms with Crippen molar-refractivity contribution in [3.05, 3.63) is 23.0 Å². The first-order chi connectivity index (χ1) is 5.11. The summed E-state index contributed by atoms with van der Waals surface area (Å²) in [5.41, 5.74) is 6.95. The normalized spacial score (nSPS) is 13.9. The van der Waals surface area contributed by atoms with Crippen LogP contribution in [0.5, 0.6) is 0 Å². The molecule has 0 spiro atoms. The van der Waals surface area contributed by atoms with Gasteiger partial charge in [-0.05, 0) is 17.5 Å². The molecular formula is C8H13ClN2. The minimum atomic E-state index is 0.0822. The predicted octanol–water partition coefficient (Wildman–Crippen LogP) is 2.32. The molecule has 2 nitrogen and oxygen atoms in total. The number of rotatable bonds is 2. The van der Waals surface area contributed by atoms with Crippen molar-refractivity contribution in [2.24, 2.45) is 11.7 Å². The van der Waals surface area contributed by atoms with Gasteiger partial charge in [-0.3, -0.25) is 0 Å². The largest absolute Gasteiger partial charge is 0.352 e. The van der Waals surface area contributed by atoms with E-state index in [2.05, 4.69) is 18.8 Å². The van der Waals surface area contributed by atoms with Crippen molar-refractivity contribution in [1.29, 1.82) is 0 Å². The summed E-state index contributed by atoms with van der Waals surface area (Å²) in [4.78, 5) is 2.89. The summed E-state index contributed by atoms with van der Waals surface area (Å²) >= 11 is 5.70. The highest BCUT2D eigenvalue weighted by atomic mass is 35.5. The zero-order valence-electron chi connectivity index (χ0n) is 6.76. The molecule has 3 heteroatoms. The van der Waals surface area contributed by atoms with E-state index in [0.717, 1.165) is 5.56 Å². The molecule has 1 rings (SSSR count). The second kappa shape index (κ2) is 3.28.